The molecular formula is C5H9ClN2. The molecule has 2 unspecified atom stereocenters. The SMILES string of the molecule is Cl.NC1=NCC2CC12. The first-order valence-corrected chi connectivity index (χ1v) is 2.68. The van der Waals surface area contributed by atoms with Crippen LogP contribution in [0, 0.1) is 11.8 Å². The fourth-order valence-corrected chi connectivity index (χ4v) is 1.15. The van der Waals surface area contributed by atoms with E-state index in [1.165, 1.54) is 6.42 Å². The molecule has 1 aliphatic carbocycles. The summed E-state index contributed by atoms with van der Waals surface area (Å²) >= 11 is 0. The van der Waals surface area contributed by atoms with Crippen molar-refractivity contribution in [3.63, 3.8) is 0 Å². The van der Waals surface area contributed by atoms with Crippen molar-refractivity contribution >= 4 is 18.2 Å². The zero-order chi connectivity index (χ0) is 4.85. The van der Waals surface area contributed by atoms with Crippen LogP contribution in [0.15, 0.2) is 4.99 Å². The molecule has 0 radical (unpaired) electrons. The third-order valence-corrected chi connectivity index (χ3v) is 1.81. The van der Waals surface area contributed by atoms with Crippen LogP contribution in [0.25, 0.3) is 0 Å². The number of rotatable bonds is 0. The maximum absolute atomic E-state index is 5.47. The number of aliphatic imine (C=N–C) groups is 1. The second-order valence-corrected chi connectivity index (χ2v) is 2.37. The van der Waals surface area contributed by atoms with Crippen LogP contribution in [0.2, 0.25) is 0 Å². The lowest BCUT2D eigenvalue weighted by Gasteiger charge is -1.84. The molecule has 0 amide bonds. The van der Waals surface area contributed by atoms with Crippen LogP contribution in [0.3, 0.4) is 0 Å². The van der Waals surface area contributed by atoms with Crippen molar-refractivity contribution in [1.29, 1.82) is 0 Å². The van der Waals surface area contributed by atoms with Gasteiger partial charge in [-0.05, 0) is 12.3 Å². The molecule has 0 spiro atoms. The molecule has 2 N–H and O–H groups in total. The molecule has 2 rings (SSSR count). The van der Waals surface area contributed by atoms with E-state index in [0.29, 0.717) is 5.92 Å². The number of nitrogens with two attached hydrogens (primary N) is 1. The number of fused-ring (bicyclic) bond motifs is 1. The highest BCUT2D eigenvalue weighted by molar-refractivity contribution is 5.87. The van der Waals surface area contributed by atoms with Crippen molar-refractivity contribution in [3.8, 4) is 0 Å². The molecule has 1 saturated carbocycles. The first-order valence-electron chi connectivity index (χ1n) is 2.68. The first-order chi connectivity index (χ1) is 3.38. The van der Waals surface area contributed by atoms with Gasteiger partial charge in [-0.15, -0.1) is 12.4 Å². The van der Waals surface area contributed by atoms with Crippen LogP contribution in [-0.4, -0.2) is 12.4 Å². The van der Waals surface area contributed by atoms with E-state index in [9.17, 15) is 0 Å². The molecular weight excluding hydrogens is 124 g/mol. The summed E-state index contributed by atoms with van der Waals surface area (Å²) in [6, 6.07) is 0. The van der Waals surface area contributed by atoms with Crippen LogP contribution in [0.1, 0.15) is 6.42 Å². The third-order valence-electron chi connectivity index (χ3n) is 1.81. The van der Waals surface area contributed by atoms with Crippen molar-refractivity contribution in [2.45, 2.75) is 6.42 Å². The monoisotopic (exact) mass is 132 g/mol. The lowest BCUT2D eigenvalue weighted by atomic mass is 10.3. The smallest absolute Gasteiger partial charge is 0.0972 e. The highest BCUT2D eigenvalue weighted by Crippen LogP contribution is 2.42. The van der Waals surface area contributed by atoms with Gasteiger partial charge >= 0.3 is 0 Å². The zero-order valence-corrected chi connectivity index (χ0v) is 5.32. The molecule has 0 saturated heterocycles. The van der Waals surface area contributed by atoms with Gasteiger partial charge in [-0.25, -0.2) is 0 Å². The summed E-state index contributed by atoms with van der Waals surface area (Å²) in [5.74, 6) is 2.48. The van der Waals surface area contributed by atoms with E-state index >= 15 is 0 Å². The predicted octanol–water partition coefficient (Wildman–Crippen LogP) is 0.415. The van der Waals surface area contributed by atoms with Gasteiger partial charge < -0.3 is 5.73 Å². The lowest BCUT2D eigenvalue weighted by Crippen LogP contribution is -2.10. The molecule has 0 aromatic rings. The minimum atomic E-state index is 0. The van der Waals surface area contributed by atoms with Gasteiger partial charge in [0.25, 0.3) is 0 Å². The lowest BCUT2D eigenvalue weighted by molar-refractivity contribution is 0.864. The Morgan fingerprint density at radius 3 is 2.50 bits per heavy atom. The summed E-state index contributed by atoms with van der Waals surface area (Å²) in [4.78, 5) is 4.06. The Hall–Kier alpha value is -0.240. The second kappa shape index (κ2) is 1.62. The van der Waals surface area contributed by atoms with Crippen LogP contribution < -0.4 is 5.73 Å². The van der Waals surface area contributed by atoms with Crippen molar-refractivity contribution in [2.24, 2.45) is 22.6 Å². The molecule has 0 bridgehead atoms. The van der Waals surface area contributed by atoms with Gasteiger partial charge in [-0.2, -0.15) is 0 Å². The van der Waals surface area contributed by atoms with Gasteiger partial charge in [0.2, 0.25) is 0 Å². The minimum Gasteiger partial charge on any atom is -0.387 e. The zero-order valence-electron chi connectivity index (χ0n) is 4.50. The number of hydrogen-bond acceptors (Lipinski definition) is 2. The predicted molar refractivity (Wildman–Crippen MR) is 35.3 cm³/mol. The van der Waals surface area contributed by atoms with E-state index in [1.807, 2.05) is 0 Å². The summed E-state index contributed by atoms with van der Waals surface area (Å²) < 4.78 is 0. The average Bonchev–Trinajstić information content (AvgIpc) is 2.33. The molecule has 2 atom stereocenters. The quantitative estimate of drug-likeness (QED) is 0.510. The summed E-state index contributed by atoms with van der Waals surface area (Å²) in [5, 5.41) is 0. The largest absolute Gasteiger partial charge is 0.387 e. The molecule has 3 heteroatoms. The fourth-order valence-electron chi connectivity index (χ4n) is 1.15. The van der Waals surface area contributed by atoms with E-state index in [1.54, 1.807) is 0 Å². The van der Waals surface area contributed by atoms with Gasteiger partial charge in [-0.1, -0.05) is 0 Å². The van der Waals surface area contributed by atoms with E-state index in [0.717, 1.165) is 18.3 Å². The van der Waals surface area contributed by atoms with Crippen molar-refractivity contribution < 1.29 is 0 Å². The van der Waals surface area contributed by atoms with Crippen LogP contribution in [0.4, 0.5) is 0 Å². The number of amidine groups is 1. The standard InChI is InChI=1S/C5H8N2.ClH/c6-5-4-1-3(4)2-7-5;/h3-4H,1-2H2,(H2,6,7);1H. The average molecular weight is 133 g/mol. The normalized spacial score (nSPS) is 39.8. The Balaban J connectivity index is 0.000000320. The molecule has 8 heavy (non-hydrogen) atoms. The number of nitrogens with zero attached hydrogens (tertiary/aromatic N) is 1. The number of halogens is 1. The van der Waals surface area contributed by atoms with Crippen molar-refractivity contribution in [2.75, 3.05) is 6.54 Å². The van der Waals surface area contributed by atoms with Gasteiger partial charge in [0.15, 0.2) is 0 Å². The molecule has 46 valence electrons. The molecule has 2 aliphatic rings. The van der Waals surface area contributed by atoms with Gasteiger partial charge in [0.1, 0.15) is 0 Å². The molecule has 2 nitrogen and oxygen atoms in total. The Labute approximate surface area is 54.6 Å². The molecule has 1 heterocycles. The first kappa shape index (κ1) is 5.89. The third kappa shape index (κ3) is 0.599. The summed E-state index contributed by atoms with van der Waals surface area (Å²) in [7, 11) is 0. The maximum atomic E-state index is 5.47. The summed E-state index contributed by atoms with van der Waals surface area (Å²) in [5.41, 5.74) is 5.47. The Bertz CT molecular complexity index is 132. The van der Waals surface area contributed by atoms with Crippen molar-refractivity contribution in [3.05, 3.63) is 0 Å². The molecule has 0 aromatic heterocycles. The van der Waals surface area contributed by atoms with Gasteiger partial charge in [0.05, 0.1) is 5.84 Å². The summed E-state index contributed by atoms with van der Waals surface area (Å²) in [6.07, 6.45) is 1.31. The van der Waals surface area contributed by atoms with E-state index in [4.69, 9.17) is 5.73 Å². The molecule has 0 aromatic carbocycles. The Kier molecular flexibility index (Phi) is 1.19. The van der Waals surface area contributed by atoms with Gasteiger partial charge in [0, 0.05) is 12.5 Å². The van der Waals surface area contributed by atoms with Crippen LogP contribution in [0.5, 0.6) is 0 Å². The second-order valence-electron chi connectivity index (χ2n) is 2.37. The van der Waals surface area contributed by atoms with Crippen LogP contribution in [-0.2, 0) is 0 Å². The fraction of sp³-hybridized carbons (Fsp3) is 0.800. The Morgan fingerprint density at radius 2 is 2.38 bits per heavy atom. The van der Waals surface area contributed by atoms with E-state index in [2.05, 4.69) is 4.99 Å². The maximum Gasteiger partial charge on any atom is 0.0972 e. The molecule has 1 aliphatic heterocycles. The van der Waals surface area contributed by atoms with Crippen LogP contribution >= 0.6 is 12.4 Å². The number of hydrogen-bond donors (Lipinski definition) is 1. The molecule has 1 fully saturated rings. The van der Waals surface area contributed by atoms with E-state index in [-0.39, 0.29) is 12.4 Å². The Morgan fingerprint density at radius 1 is 1.62 bits per heavy atom. The van der Waals surface area contributed by atoms with Crippen molar-refractivity contribution in [1.82, 2.24) is 0 Å². The highest BCUT2D eigenvalue weighted by atomic mass is 35.5. The minimum absolute atomic E-state index is 0. The van der Waals surface area contributed by atoms with Gasteiger partial charge in [-0.3, -0.25) is 4.99 Å². The highest BCUT2D eigenvalue weighted by Gasteiger charge is 2.43. The van der Waals surface area contributed by atoms with E-state index < -0.39 is 0 Å². The summed E-state index contributed by atoms with van der Waals surface area (Å²) in [6.45, 7) is 1.01. The topological polar surface area (TPSA) is 38.4 Å².